The maximum absolute atomic E-state index is 11.4. The third-order valence-electron chi connectivity index (χ3n) is 2.24. The van der Waals surface area contributed by atoms with Gasteiger partial charge in [-0.05, 0) is 25.5 Å². The van der Waals surface area contributed by atoms with Crippen LogP contribution in [0, 0.1) is 0 Å². The van der Waals surface area contributed by atoms with E-state index in [0.717, 1.165) is 24.2 Å². The molecule has 0 spiro atoms. The molecule has 0 N–H and O–H groups in total. The minimum Gasteiger partial charge on any atom is -0.465 e. The molecular weight excluding hydrogens is 214 g/mol. The van der Waals surface area contributed by atoms with Crippen LogP contribution in [-0.2, 0) is 9.53 Å². The Bertz CT molecular complexity index is 371. The first kappa shape index (κ1) is 13.4. The van der Waals surface area contributed by atoms with E-state index in [4.69, 9.17) is 4.74 Å². The Hall–Kier alpha value is -1.64. The van der Waals surface area contributed by atoms with Gasteiger partial charge >= 0.3 is 5.97 Å². The monoisotopic (exact) mass is 233 g/mol. The van der Waals surface area contributed by atoms with E-state index in [2.05, 4.69) is 11.9 Å². The van der Waals surface area contributed by atoms with Crippen molar-refractivity contribution in [3.8, 4) is 0 Å². The average Bonchev–Trinajstić information content (AvgIpc) is 2.30. The molecule has 17 heavy (non-hydrogen) atoms. The highest BCUT2D eigenvalue weighted by molar-refractivity contribution is 5.98. The molecule has 0 fully saturated rings. The van der Waals surface area contributed by atoms with Crippen molar-refractivity contribution in [2.45, 2.75) is 33.1 Å². The highest BCUT2D eigenvalue weighted by atomic mass is 16.5. The summed E-state index contributed by atoms with van der Waals surface area (Å²) in [5.74, 6) is -0.198. The largest absolute Gasteiger partial charge is 0.465 e. The molecule has 0 radical (unpaired) electrons. The zero-order valence-electron chi connectivity index (χ0n) is 10.5. The summed E-state index contributed by atoms with van der Waals surface area (Å²) < 4.78 is 5.07. The number of carbonyl (C=O) groups excluding carboxylic acids is 1. The molecule has 92 valence electrons. The molecule has 0 aliphatic rings. The summed E-state index contributed by atoms with van der Waals surface area (Å²) in [5, 5.41) is 0. The minimum atomic E-state index is -0.198. The second-order valence-electron chi connectivity index (χ2n) is 3.93. The summed E-state index contributed by atoms with van der Waals surface area (Å²) in [6.07, 6.45) is 2.21. The van der Waals surface area contributed by atoms with Crippen LogP contribution in [0.4, 0.5) is 5.69 Å². The van der Waals surface area contributed by atoms with E-state index in [1.165, 1.54) is 0 Å². The van der Waals surface area contributed by atoms with Gasteiger partial charge < -0.3 is 4.74 Å². The van der Waals surface area contributed by atoms with Gasteiger partial charge in [-0.25, -0.2) is 0 Å². The lowest BCUT2D eigenvalue weighted by Crippen LogP contribution is -2.09. The fraction of sp³-hybridized carbons (Fsp3) is 0.429. The predicted octanol–water partition coefficient (Wildman–Crippen LogP) is 3.51. The van der Waals surface area contributed by atoms with Gasteiger partial charge in [-0.1, -0.05) is 31.5 Å². The Morgan fingerprint density at radius 3 is 2.65 bits per heavy atom. The third kappa shape index (κ3) is 5.85. The second kappa shape index (κ2) is 7.60. The number of para-hydroxylation sites is 1. The highest BCUT2D eigenvalue weighted by Gasteiger charge is 2.04. The first-order chi connectivity index (χ1) is 8.22. The van der Waals surface area contributed by atoms with Crippen molar-refractivity contribution in [1.29, 1.82) is 0 Å². The van der Waals surface area contributed by atoms with Crippen LogP contribution in [0.25, 0.3) is 0 Å². The van der Waals surface area contributed by atoms with Gasteiger partial charge in [-0.15, -0.1) is 0 Å². The summed E-state index contributed by atoms with van der Waals surface area (Å²) >= 11 is 0. The van der Waals surface area contributed by atoms with Crippen molar-refractivity contribution in [2.75, 3.05) is 6.61 Å². The molecule has 1 aromatic carbocycles. The molecule has 0 saturated heterocycles. The number of unbranched alkanes of at least 4 members (excludes halogenated alkanes) is 1. The summed E-state index contributed by atoms with van der Waals surface area (Å²) in [6.45, 7) is 4.41. The normalized spacial score (nSPS) is 11.3. The van der Waals surface area contributed by atoms with E-state index >= 15 is 0 Å². The summed E-state index contributed by atoms with van der Waals surface area (Å²) in [6, 6.07) is 9.60. The van der Waals surface area contributed by atoms with Gasteiger partial charge in [0.2, 0.25) is 0 Å². The number of rotatable bonds is 6. The van der Waals surface area contributed by atoms with Crippen molar-refractivity contribution in [2.24, 2.45) is 4.99 Å². The number of nitrogens with zero attached hydrogens (tertiary/aromatic N) is 1. The predicted molar refractivity (Wildman–Crippen MR) is 69.7 cm³/mol. The number of benzene rings is 1. The van der Waals surface area contributed by atoms with Gasteiger partial charge in [-0.2, -0.15) is 0 Å². The molecule has 3 heteroatoms. The molecule has 0 unspecified atom stereocenters. The lowest BCUT2D eigenvalue weighted by Gasteiger charge is -2.03. The quantitative estimate of drug-likeness (QED) is 0.428. The molecule has 0 saturated carbocycles. The molecule has 1 rings (SSSR count). The minimum absolute atomic E-state index is 0.198. The van der Waals surface area contributed by atoms with Crippen LogP contribution in [0.15, 0.2) is 35.3 Å². The van der Waals surface area contributed by atoms with Gasteiger partial charge in [0.05, 0.1) is 18.7 Å². The van der Waals surface area contributed by atoms with Crippen molar-refractivity contribution in [3.05, 3.63) is 30.3 Å². The number of ether oxygens (including phenoxy) is 1. The fourth-order valence-electron chi connectivity index (χ4n) is 1.35. The van der Waals surface area contributed by atoms with Crippen LogP contribution in [0.3, 0.4) is 0 Å². The van der Waals surface area contributed by atoms with Gasteiger partial charge in [-0.3, -0.25) is 9.79 Å². The molecule has 0 amide bonds. The zero-order valence-corrected chi connectivity index (χ0v) is 10.5. The Balaban J connectivity index is 2.41. The summed E-state index contributed by atoms with van der Waals surface area (Å²) in [7, 11) is 0. The fourth-order valence-corrected chi connectivity index (χ4v) is 1.35. The van der Waals surface area contributed by atoms with Crippen molar-refractivity contribution < 1.29 is 9.53 Å². The SMILES string of the molecule is CCCCOC(=O)CC(C)=Nc1ccccc1. The van der Waals surface area contributed by atoms with Gasteiger partial charge in [0, 0.05) is 5.71 Å². The van der Waals surface area contributed by atoms with Crippen molar-refractivity contribution in [3.63, 3.8) is 0 Å². The van der Waals surface area contributed by atoms with Crippen molar-refractivity contribution >= 4 is 17.4 Å². The Morgan fingerprint density at radius 1 is 1.29 bits per heavy atom. The molecule has 1 aromatic rings. The van der Waals surface area contributed by atoms with Crippen LogP contribution in [0.2, 0.25) is 0 Å². The first-order valence-electron chi connectivity index (χ1n) is 5.97. The van der Waals surface area contributed by atoms with E-state index in [1.54, 1.807) is 0 Å². The molecule has 0 aliphatic carbocycles. The third-order valence-corrected chi connectivity index (χ3v) is 2.24. The zero-order chi connectivity index (χ0) is 12.5. The molecular formula is C14H19NO2. The van der Waals surface area contributed by atoms with Gasteiger partial charge in [0.1, 0.15) is 0 Å². The maximum Gasteiger partial charge on any atom is 0.311 e. The number of hydrogen-bond acceptors (Lipinski definition) is 3. The maximum atomic E-state index is 11.4. The number of carbonyl (C=O) groups is 1. The molecule has 0 bridgehead atoms. The Kier molecular flexibility index (Phi) is 6.00. The molecule has 0 atom stereocenters. The van der Waals surface area contributed by atoms with E-state index in [0.29, 0.717) is 6.61 Å². The standard InChI is InChI=1S/C14H19NO2/c1-3-4-10-17-14(16)11-12(2)15-13-8-6-5-7-9-13/h5-9H,3-4,10-11H2,1-2H3. The smallest absolute Gasteiger partial charge is 0.311 e. The van der Waals surface area contributed by atoms with Crippen molar-refractivity contribution in [1.82, 2.24) is 0 Å². The lowest BCUT2D eigenvalue weighted by molar-refractivity contribution is -0.142. The van der Waals surface area contributed by atoms with E-state index < -0.39 is 0 Å². The van der Waals surface area contributed by atoms with E-state index in [-0.39, 0.29) is 12.4 Å². The van der Waals surface area contributed by atoms with Gasteiger partial charge in [0.15, 0.2) is 0 Å². The van der Waals surface area contributed by atoms with Gasteiger partial charge in [0.25, 0.3) is 0 Å². The molecule has 0 heterocycles. The second-order valence-corrected chi connectivity index (χ2v) is 3.93. The lowest BCUT2D eigenvalue weighted by atomic mass is 10.3. The molecule has 3 nitrogen and oxygen atoms in total. The topological polar surface area (TPSA) is 38.7 Å². The summed E-state index contributed by atoms with van der Waals surface area (Å²) in [4.78, 5) is 15.8. The first-order valence-corrected chi connectivity index (χ1v) is 5.97. The number of hydrogen-bond donors (Lipinski definition) is 0. The van der Waals surface area contributed by atoms with Crippen LogP contribution in [0.1, 0.15) is 33.1 Å². The van der Waals surface area contributed by atoms with E-state index in [1.807, 2.05) is 37.3 Å². The van der Waals surface area contributed by atoms with E-state index in [9.17, 15) is 4.79 Å². The van der Waals surface area contributed by atoms with Crippen LogP contribution >= 0.6 is 0 Å². The number of esters is 1. The van der Waals surface area contributed by atoms with Crippen LogP contribution in [-0.4, -0.2) is 18.3 Å². The highest BCUT2D eigenvalue weighted by Crippen LogP contribution is 2.11. The Morgan fingerprint density at radius 2 is 2.00 bits per heavy atom. The Labute approximate surface area is 103 Å². The summed E-state index contributed by atoms with van der Waals surface area (Å²) in [5.41, 5.74) is 1.64. The average molecular weight is 233 g/mol. The molecule has 0 aliphatic heterocycles. The van der Waals surface area contributed by atoms with Crippen LogP contribution in [0.5, 0.6) is 0 Å². The number of aliphatic imine (C=N–C) groups is 1. The van der Waals surface area contributed by atoms with Crippen LogP contribution < -0.4 is 0 Å². The molecule has 0 aromatic heterocycles.